The number of imide groups is 1. The predicted molar refractivity (Wildman–Crippen MR) is 237 cm³/mol. The van der Waals surface area contributed by atoms with Crippen LogP contribution in [0.5, 0.6) is 0 Å². The Balaban J connectivity index is 0.655. The molecule has 15 nitrogen and oxygen atoms in total. The summed E-state index contributed by atoms with van der Waals surface area (Å²) in [6, 6.07) is 12.3. The zero-order chi connectivity index (χ0) is 45.2. The fourth-order valence-corrected chi connectivity index (χ4v) is 10.5. The van der Waals surface area contributed by atoms with Crippen molar-refractivity contribution >= 4 is 46.6 Å². The van der Waals surface area contributed by atoms with Crippen molar-refractivity contribution in [2.24, 2.45) is 17.8 Å². The maximum Gasteiger partial charge on any atom is 0.417 e. The molecule has 0 aliphatic carbocycles. The van der Waals surface area contributed by atoms with Crippen molar-refractivity contribution in [2.75, 3.05) is 98.6 Å². The van der Waals surface area contributed by atoms with Gasteiger partial charge in [0.05, 0.1) is 46.9 Å². The molecule has 2 N–H and O–H groups in total. The molecule has 1 unspecified atom stereocenters. The van der Waals surface area contributed by atoms with Crippen LogP contribution in [0.3, 0.4) is 0 Å². The van der Waals surface area contributed by atoms with E-state index < -0.39 is 29.3 Å². The number of halogens is 3. The summed E-state index contributed by atoms with van der Waals surface area (Å²) >= 11 is 0. The molecule has 0 bridgehead atoms. The molecule has 1 atom stereocenters. The summed E-state index contributed by atoms with van der Waals surface area (Å²) in [6.45, 7) is 11.5. The van der Waals surface area contributed by atoms with Gasteiger partial charge in [-0.3, -0.25) is 24.5 Å². The zero-order valence-corrected chi connectivity index (χ0v) is 36.6. The van der Waals surface area contributed by atoms with Crippen molar-refractivity contribution in [1.29, 1.82) is 5.26 Å². The first-order valence-corrected chi connectivity index (χ1v) is 23.1. The number of anilines is 4. The number of piperazine rings is 1. The van der Waals surface area contributed by atoms with Crippen LogP contribution in [0.15, 0.2) is 48.7 Å². The fraction of sp³-hybridized carbons (Fsp3) is 0.553. The molecular weight excluding hydrogens is 840 g/mol. The van der Waals surface area contributed by atoms with Crippen LogP contribution in [0.1, 0.15) is 78.5 Å². The number of pyridine rings is 2. The number of benzene rings is 1. The number of fused-ring (bicyclic) bond motifs is 1. The van der Waals surface area contributed by atoms with Gasteiger partial charge in [0.25, 0.3) is 5.91 Å². The maximum atomic E-state index is 13.5. The number of nitrogens with zero attached hydrogens (tertiary/aromatic N) is 9. The van der Waals surface area contributed by atoms with Gasteiger partial charge in [0, 0.05) is 96.6 Å². The summed E-state index contributed by atoms with van der Waals surface area (Å²) < 4.78 is 40.5. The Kier molecular flexibility index (Phi) is 13.0. The molecular formula is C47H56F3N11O4. The lowest BCUT2D eigenvalue weighted by Gasteiger charge is -2.41. The summed E-state index contributed by atoms with van der Waals surface area (Å²) in [7, 11) is 0. The highest BCUT2D eigenvalue weighted by molar-refractivity contribution is 6.05. The summed E-state index contributed by atoms with van der Waals surface area (Å²) in [4.78, 5) is 73.0. The van der Waals surface area contributed by atoms with E-state index >= 15 is 0 Å². The molecule has 8 heterocycles. The second-order valence-corrected chi connectivity index (χ2v) is 18.5. The molecule has 3 aromatic rings. The van der Waals surface area contributed by atoms with Crippen molar-refractivity contribution in [3.63, 3.8) is 0 Å². The van der Waals surface area contributed by atoms with Crippen LogP contribution in [-0.4, -0.2) is 133 Å². The Labute approximate surface area is 376 Å². The molecule has 344 valence electrons. The van der Waals surface area contributed by atoms with E-state index in [0.717, 1.165) is 109 Å². The molecule has 6 aliphatic heterocycles. The average Bonchev–Trinajstić information content (AvgIpc) is 3.64. The van der Waals surface area contributed by atoms with E-state index in [0.29, 0.717) is 67.0 Å². The number of alkyl halides is 3. The molecule has 1 aromatic carbocycles. The minimum atomic E-state index is -4.62. The Bertz CT molecular complexity index is 2290. The molecule has 0 spiro atoms. The third kappa shape index (κ3) is 10.1. The molecule has 65 heavy (non-hydrogen) atoms. The lowest BCUT2D eigenvalue weighted by molar-refractivity contribution is -0.138. The second kappa shape index (κ2) is 19.0. The summed E-state index contributed by atoms with van der Waals surface area (Å²) in [5.74, 6) is 1.32. The van der Waals surface area contributed by atoms with Gasteiger partial charge in [-0.2, -0.15) is 18.4 Å². The van der Waals surface area contributed by atoms with Crippen LogP contribution in [0.4, 0.5) is 36.2 Å². The smallest absolute Gasteiger partial charge is 0.371 e. The maximum absolute atomic E-state index is 13.5. The quantitative estimate of drug-likeness (QED) is 0.270. The number of carbonyl (C=O) groups is 4. The van der Waals surface area contributed by atoms with Crippen molar-refractivity contribution in [3.8, 4) is 6.07 Å². The van der Waals surface area contributed by atoms with Gasteiger partial charge in [-0.15, -0.1) is 0 Å². The number of piperidine rings is 4. The summed E-state index contributed by atoms with van der Waals surface area (Å²) in [5, 5.41) is 14.4. The highest BCUT2D eigenvalue weighted by atomic mass is 19.4. The number of nitriles is 1. The standard InChI is InChI=1S/C47H56F3N11O4/c48-47(49,50)38-25-35(2-1-34(38)26-51)58-19-13-33(14-20-58)44(63)54-41-6-3-36(27-52-41)59-15-9-31(10-16-59)28-56-21-23-57(24-22-56)29-32-11-17-60(18-12-32)42-7-4-37-39(53-42)30-61(46(37)65)40-5-8-43(62)55-45(40)64/h1-4,6-7,25,27,31-33,40H,5,8-24,28-30H2,(H,52,54,63)(H,55,62,64). The first-order chi connectivity index (χ1) is 31.4. The van der Waals surface area contributed by atoms with Crippen molar-refractivity contribution in [1.82, 2.24) is 30.0 Å². The number of hydrogen-bond acceptors (Lipinski definition) is 12. The van der Waals surface area contributed by atoms with Gasteiger partial charge < -0.3 is 34.7 Å². The second-order valence-electron chi connectivity index (χ2n) is 18.5. The van der Waals surface area contributed by atoms with Crippen molar-refractivity contribution in [2.45, 2.75) is 70.1 Å². The zero-order valence-electron chi connectivity index (χ0n) is 36.6. The first kappa shape index (κ1) is 44.4. The first-order valence-electron chi connectivity index (χ1n) is 23.1. The third-order valence-electron chi connectivity index (χ3n) is 14.4. The third-order valence-corrected chi connectivity index (χ3v) is 14.4. The van der Waals surface area contributed by atoms with E-state index in [1.54, 1.807) is 11.0 Å². The highest BCUT2D eigenvalue weighted by Gasteiger charge is 2.40. The number of amides is 4. The van der Waals surface area contributed by atoms with E-state index in [2.05, 4.69) is 35.2 Å². The lowest BCUT2D eigenvalue weighted by atomic mass is 9.94. The number of nitrogens with one attached hydrogen (secondary N) is 2. The molecule has 5 saturated heterocycles. The number of rotatable bonds is 10. The van der Waals surface area contributed by atoms with Gasteiger partial charge in [-0.05, 0) is 99.2 Å². The largest absolute Gasteiger partial charge is 0.417 e. The van der Waals surface area contributed by atoms with Crippen LogP contribution < -0.4 is 25.3 Å². The molecule has 4 amide bonds. The van der Waals surface area contributed by atoms with Gasteiger partial charge in [0.2, 0.25) is 17.7 Å². The topological polar surface area (TPSA) is 161 Å². The summed E-state index contributed by atoms with van der Waals surface area (Å²) in [6.07, 6.45) is 3.18. The SMILES string of the molecule is N#Cc1ccc(N2CCC(C(=O)Nc3ccc(N4CCC(CN5CCN(CC6CCN(c7ccc8c(n7)CN(C7CCC(=O)NC7=O)C8=O)CC6)CC5)CC4)cn3)CC2)cc1C(F)(F)F. The average molecular weight is 896 g/mol. The molecule has 6 aliphatic rings. The van der Waals surface area contributed by atoms with E-state index in [-0.39, 0.29) is 36.6 Å². The van der Waals surface area contributed by atoms with Crippen LogP contribution in [0, 0.1) is 29.1 Å². The predicted octanol–water partition coefficient (Wildman–Crippen LogP) is 4.73. The van der Waals surface area contributed by atoms with Crippen LogP contribution in [0.2, 0.25) is 0 Å². The van der Waals surface area contributed by atoms with Gasteiger partial charge >= 0.3 is 6.18 Å². The van der Waals surface area contributed by atoms with Gasteiger partial charge in [0.15, 0.2) is 0 Å². The molecule has 9 rings (SSSR count). The van der Waals surface area contributed by atoms with E-state index in [4.69, 9.17) is 10.2 Å². The fourth-order valence-electron chi connectivity index (χ4n) is 10.5. The van der Waals surface area contributed by atoms with E-state index in [1.165, 1.54) is 12.1 Å². The van der Waals surface area contributed by atoms with E-state index in [9.17, 15) is 32.3 Å². The Hall–Kier alpha value is -5.80. The monoisotopic (exact) mass is 895 g/mol. The number of aromatic nitrogens is 2. The lowest BCUT2D eigenvalue weighted by Crippen LogP contribution is -2.52. The Morgan fingerprint density at radius 2 is 1.38 bits per heavy atom. The Morgan fingerprint density at radius 1 is 0.769 bits per heavy atom. The van der Waals surface area contributed by atoms with Gasteiger partial charge in [-0.25, -0.2) is 9.97 Å². The Morgan fingerprint density at radius 3 is 1.98 bits per heavy atom. The minimum absolute atomic E-state index is 0.141. The molecule has 18 heteroatoms. The van der Waals surface area contributed by atoms with Gasteiger partial charge in [0.1, 0.15) is 17.7 Å². The van der Waals surface area contributed by atoms with Crippen LogP contribution in [-0.2, 0) is 27.1 Å². The molecule has 2 aromatic heterocycles. The molecule has 0 radical (unpaired) electrons. The van der Waals surface area contributed by atoms with Gasteiger partial charge in [-0.1, -0.05) is 0 Å². The van der Waals surface area contributed by atoms with E-state index in [1.807, 2.05) is 35.4 Å². The summed E-state index contributed by atoms with van der Waals surface area (Å²) in [5.41, 5.74) is 1.33. The van der Waals surface area contributed by atoms with Crippen LogP contribution >= 0.6 is 0 Å². The highest BCUT2D eigenvalue weighted by Crippen LogP contribution is 2.36. The minimum Gasteiger partial charge on any atom is -0.371 e. The van der Waals surface area contributed by atoms with Crippen molar-refractivity contribution < 1.29 is 32.3 Å². The molecule has 5 fully saturated rings. The number of hydrogen-bond donors (Lipinski definition) is 2. The van der Waals surface area contributed by atoms with Crippen molar-refractivity contribution in [3.05, 3.63) is 71.0 Å². The molecule has 0 saturated carbocycles. The van der Waals surface area contributed by atoms with Crippen LogP contribution in [0.25, 0.3) is 0 Å². The number of carbonyl (C=O) groups excluding carboxylic acids is 4. The normalized spacial score (nSPS) is 22.2.